The molecule has 0 unspecified atom stereocenters. The van der Waals surface area contributed by atoms with E-state index in [1.54, 1.807) is 44.2 Å². The Labute approximate surface area is 153 Å². The zero-order chi connectivity index (χ0) is 19.4. The van der Waals surface area contributed by atoms with E-state index in [-0.39, 0.29) is 24.4 Å². The molecular weight excluding hydrogens is 338 g/mol. The van der Waals surface area contributed by atoms with E-state index in [0.717, 1.165) is 0 Å². The van der Waals surface area contributed by atoms with Crippen molar-refractivity contribution in [3.8, 4) is 0 Å². The minimum Gasteiger partial charge on any atom is -0.464 e. The molecule has 0 aromatic heterocycles. The number of ether oxygens (including phenoxy) is 1. The van der Waals surface area contributed by atoms with Crippen LogP contribution in [0.4, 0.5) is 0 Å². The van der Waals surface area contributed by atoms with E-state index in [0.29, 0.717) is 31.4 Å². The van der Waals surface area contributed by atoms with Crippen LogP contribution in [0.1, 0.15) is 43.5 Å². The van der Waals surface area contributed by atoms with Crippen LogP contribution in [-0.2, 0) is 14.3 Å². The summed E-state index contributed by atoms with van der Waals surface area (Å²) in [5.41, 5.74) is 6.05. The molecule has 0 spiro atoms. The second-order valence-electron chi connectivity index (χ2n) is 5.46. The maximum Gasteiger partial charge on any atom is 0.328 e. The van der Waals surface area contributed by atoms with Crippen LogP contribution in [0, 0.1) is 0 Å². The topological polar surface area (TPSA) is 123 Å². The summed E-state index contributed by atoms with van der Waals surface area (Å²) in [5, 5.41) is 5.13. The quantitative estimate of drug-likeness (QED) is 0.198. The fraction of sp³-hybridized carbons (Fsp3) is 0.444. The normalized spacial score (nSPS) is 12.2. The van der Waals surface area contributed by atoms with E-state index < -0.39 is 12.0 Å². The lowest BCUT2D eigenvalue weighted by atomic mass is 10.1. The van der Waals surface area contributed by atoms with Gasteiger partial charge in [-0.25, -0.2) is 4.79 Å². The lowest BCUT2D eigenvalue weighted by Gasteiger charge is -2.17. The Morgan fingerprint density at radius 2 is 1.88 bits per heavy atom. The van der Waals surface area contributed by atoms with Gasteiger partial charge in [-0.15, -0.1) is 0 Å². The van der Waals surface area contributed by atoms with Crippen molar-refractivity contribution >= 4 is 23.7 Å². The third kappa shape index (κ3) is 7.78. The van der Waals surface area contributed by atoms with E-state index in [2.05, 4.69) is 15.6 Å². The van der Waals surface area contributed by atoms with Gasteiger partial charge in [0, 0.05) is 18.5 Å². The minimum atomic E-state index is -0.774. The Bertz CT molecular complexity index is 631. The Hall–Kier alpha value is -2.90. The molecule has 142 valence electrons. The SMILES string of the molecule is CCOC(=O)[C@H](CCCN=C([15NH2])[15NH]C(=O)CC)NC(=O)c1ccccc1. The summed E-state index contributed by atoms with van der Waals surface area (Å²) in [6.45, 7) is 3.95. The second-order valence-corrected chi connectivity index (χ2v) is 5.46. The van der Waals surface area contributed by atoms with Crippen LogP contribution in [0.15, 0.2) is 35.3 Å². The molecule has 0 bridgehead atoms. The largest absolute Gasteiger partial charge is 0.464 e. The number of amides is 2. The molecule has 1 aromatic rings. The van der Waals surface area contributed by atoms with E-state index in [1.807, 2.05) is 0 Å². The highest BCUT2D eigenvalue weighted by molar-refractivity contribution is 5.97. The molecule has 0 saturated heterocycles. The van der Waals surface area contributed by atoms with E-state index in [9.17, 15) is 14.4 Å². The first kappa shape index (κ1) is 21.1. The number of carbonyl (C=O) groups excluding carboxylic acids is 3. The molecule has 0 aliphatic carbocycles. The summed E-state index contributed by atoms with van der Waals surface area (Å²) in [6.07, 6.45) is 1.14. The molecule has 0 heterocycles. The molecule has 1 atom stereocenters. The summed E-state index contributed by atoms with van der Waals surface area (Å²) >= 11 is 0. The van der Waals surface area contributed by atoms with Crippen molar-refractivity contribution in [2.45, 2.75) is 39.2 Å². The van der Waals surface area contributed by atoms with Crippen LogP contribution in [0.25, 0.3) is 0 Å². The molecule has 0 aliphatic heterocycles. The van der Waals surface area contributed by atoms with Gasteiger partial charge in [0.05, 0.1) is 6.61 Å². The van der Waals surface area contributed by atoms with Gasteiger partial charge in [-0.05, 0) is 31.9 Å². The van der Waals surface area contributed by atoms with Crippen molar-refractivity contribution in [2.24, 2.45) is 10.7 Å². The van der Waals surface area contributed by atoms with Gasteiger partial charge in [-0.3, -0.25) is 19.9 Å². The molecule has 2 amide bonds. The van der Waals surface area contributed by atoms with Crippen molar-refractivity contribution in [3.63, 3.8) is 0 Å². The van der Waals surface area contributed by atoms with E-state index in [1.165, 1.54) is 0 Å². The Balaban J connectivity index is 2.58. The Kier molecular flexibility index (Phi) is 9.45. The number of esters is 1. The van der Waals surface area contributed by atoms with Crippen LogP contribution < -0.4 is 16.4 Å². The first-order valence-electron chi connectivity index (χ1n) is 8.60. The molecule has 0 saturated carbocycles. The molecule has 8 heteroatoms. The Morgan fingerprint density at radius 3 is 2.50 bits per heavy atom. The number of hydrogen-bond acceptors (Lipinski definition) is 5. The first-order chi connectivity index (χ1) is 12.5. The average Bonchev–Trinajstić information content (AvgIpc) is 2.64. The fourth-order valence-corrected chi connectivity index (χ4v) is 2.09. The number of nitrogens with one attached hydrogen (secondary N) is 2. The van der Waals surface area contributed by atoms with Crippen molar-refractivity contribution in [1.82, 2.24) is 10.6 Å². The lowest BCUT2D eigenvalue weighted by molar-refractivity contribution is -0.145. The molecule has 0 fully saturated rings. The minimum absolute atomic E-state index is 0.0397. The van der Waals surface area contributed by atoms with Gasteiger partial charge >= 0.3 is 5.97 Å². The third-order valence-corrected chi connectivity index (χ3v) is 3.43. The van der Waals surface area contributed by atoms with Crippen molar-refractivity contribution in [3.05, 3.63) is 35.9 Å². The number of aliphatic imine (C=N–C) groups is 1. The number of hydrogen-bond donors (Lipinski definition) is 3. The van der Waals surface area contributed by atoms with Crippen molar-refractivity contribution < 1.29 is 19.1 Å². The van der Waals surface area contributed by atoms with Gasteiger partial charge in [-0.2, -0.15) is 0 Å². The Morgan fingerprint density at radius 1 is 1.19 bits per heavy atom. The van der Waals surface area contributed by atoms with Gasteiger partial charge in [0.2, 0.25) is 5.91 Å². The van der Waals surface area contributed by atoms with Gasteiger partial charge in [-0.1, -0.05) is 25.1 Å². The highest BCUT2D eigenvalue weighted by atomic mass is 16.5. The second kappa shape index (κ2) is 11.6. The smallest absolute Gasteiger partial charge is 0.328 e. The summed E-state index contributed by atoms with van der Waals surface area (Å²) < 4.78 is 5.01. The van der Waals surface area contributed by atoms with E-state index in [4.69, 9.17) is 10.5 Å². The number of benzene rings is 1. The zero-order valence-corrected chi connectivity index (χ0v) is 15.2. The number of carbonyl (C=O) groups is 3. The predicted molar refractivity (Wildman–Crippen MR) is 98.5 cm³/mol. The van der Waals surface area contributed by atoms with Crippen LogP contribution in [-0.4, -0.2) is 42.9 Å². The van der Waals surface area contributed by atoms with Crippen LogP contribution in [0.3, 0.4) is 0 Å². The van der Waals surface area contributed by atoms with Gasteiger partial charge < -0.3 is 15.8 Å². The third-order valence-electron chi connectivity index (χ3n) is 3.43. The van der Waals surface area contributed by atoms with Crippen molar-refractivity contribution in [1.29, 1.82) is 0 Å². The maximum atomic E-state index is 12.2. The number of nitrogens with two attached hydrogens (primary N) is 1. The summed E-state index contributed by atoms with van der Waals surface area (Å²) in [7, 11) is 0. The highest BCUT2D eigenvalue weighted by Gasteiger charge is 2.22. The lowest BCUT2D eigenvalue weighted by Crippen LogP contribution is -2.42. The fourth-order valence-electron chi connectivity index (χ4n) is 2.09. The van der Waals surface area contributed by atoms with E-state index >= 15 is 0 Å². The first-order valence-corrected chi connectivity index (χ1v) is 8.60. The average molecular weight is 364 g/mol. The maximum absolute atomic E-state index is 12.2. The molecule has 4 N–H and O–H groups in total. The monoisotopic (exact) mass is 364 g/mol. The van der Waals surface area contributed by atoms with Crippen LogP contribution in [0.5, 0.6) is 0 Å². The molecule has 26 heavy (non-hydrogen) atoms. The van der Waals surface area contributed by atoms with Crippen LogP contribution in [0.2, 0.25) is 0 Å². The van der Waals surface area contributed by atoms with Crippen LogP contribution >= 0.6 is 0 Å². The standard InChI is InChI=1S/C18H26N4O4/c1-3-15(23)22-18(19)20-12-8-11-14(17(25)26-4-2)21-16(24)13-9-6-5-7-10-13/h5-7,9-10,14H,3-4,8,11-12H2,1-2H3,(H,21,24)(H3,19,20,22,23)/t14-/m0/s1/i19+1,22+1. The molecule has 8 nitrogen and oxygen atoms in total. The summed E-state index contributed by atoms with van der Waals surface area (Å²) in [4.78, 5) is 39.5. The molecule has 0 radical (unpaired) electrons. The number of nitrogens with zero attached hydrogens (tertiary/aromatic N) is 1. The van der Waals surface area contributed by atoms with Gasteiger partial charge in [0.15, 0.2) is 5.96 Å². The summed E-state index contributed by atoms with van der Waals surface area (Å²) in [6, 6.07) is 7.86. The molecule has 1 aromatic carbocycles. The van der Waals surface area contributed by atoms with Gasteiger partial charge in [0.25, 0.3) is 5.91 Å². The highest BCUT2D eigenvalue weighted by Crippen LogP contribution is 2.05. The number of guanidine groups is 1. The summed E-state index contributed by atoms with van der Waals surface area (Å²) in [5.74, 6) is -1.02. The molecular formula is C18H26N4O4. The molecule has 0 aliphatic rings. The number of rotatable bonds is 9. The van der Waals surface area contributed by atoms with Crippen molar-refractivity contribution in [2.75, 3.05) is 13.2 Å². The zero-order valence-electron chi connectivity index (χ0n) is 15.2. The van der Waals surface area contributed by atoms with Gasteiger partial charge in [0.1, 0.15) is 6.04 Å². The molecule has 1 rings (SSSR count). The predicted octanol–water partition coefficient (Wildman–Crippen LogP) is 0.969.